The van der Waals surface area contributed by atoms with Crippen LogP contribution < -0.4 is 4.74 Å². The van der Waals surface area contributed by atoms with Crippen LogP contribution in [0.25, 0.3) is 0 Å². The van der Waals surface area contributed by atoms with Crippen LogP contribution in [0.3, 0.4) is 0 Å². The van der Waals surface area contributed by atoms with Crippen LogP contribution in [0.1, 0.15) is 57.1 Å². The van der Waals surface area contributed by atoms with Crippen molar-refractivity contribution in [3.8, 4) is 5.75 Å². The van der Waals surface area contributed by atoms with Crippen LogP contribution in [0.15, 0.2) is 42.5 Å². The Kier molecular flexibility index (Phi) is 6.23. The lowest BCUT2D eigenvalue weighted by atomic mass is 9.80. The number of rotatable bonds is 6. The summed E-state index contributed by atoms with van der Waals surface area (Å²) in [5.41, 5.74) is 0.960. The Labute approximate surface area is 153 Å². The quantitative estimate of drug-likeness (QED) is 0.512. The van der Waals surface area contributed by atoms with Crippen molar-refractivity contribution in [2.24, 2.45) is 11.8 Å². The molecule has 1 saturated carbocycles. The van der Waals surface area contributed by atoms with Gasteiger partial charge in [-0.25, -0.2) is 13.2 Å². The van der Waals surface area contributed by atoms with Gasteiger partial charge in [0.15, 0.2) is 17.5 Å². The lowest BCUT2D eigenvalue weighted by Crippen LogP contribution is -2.15. The highest BCUT2D eigenvalue weighted by Gasteiger charge is 2.22. The van der Waals surface area contributed by atoms with Crippen molar-refractivity contribution in [3.05, 3.63) is 65.5 Å². The minimum absolute atomic E-state index is 0.0209. The minimum atomic E-state index is -1.47. The van der Waals surface area contributed by atoms with E-state index in [1.165, 1.54) is 25.7 Å². The molecule has 0 saturated heterocycles. The van der Waals surface area contributed by atoms with Gasteiger partial charge in [0, 0.05) is 12.1 Å². The zero-order chi connectivity index (χ0) is 18.5. The van der Waals surface area contributed by atoms with Crippen molar-refractivity contribution in [1.82, 2.24) is 0 Å². The van der Waals surface area contributed by atoms with Crippen LogP contribution in [-0.2, 0) is 0 Å². The monoisotopic (exact) mass is 362 g/mol. The highest BCUT2D eigenvalue weighted by molar-refractivity contribution is 5.27. The summed E-state index contributed by atoms with van der Waals surface area (Å²) in [7, 11) is 0. The third kappa shape index (κ3) is 4.80. The molecule has 0 spiro atoms. The summed E-state index contributed by atoms with van der Waals surface area (Å²) < 4.78 is 46.1. The fourth-order valence-electron chi connectivity index (χ4n) is 3.73. The Morgan fingerprint density at radius 1 is 0.962 bits per heavy atom. The van der Waals surface area contributed by atoms with E-state index in [0.29, 0.717) is 5.92 Å². The van der Waals surface area contributed by atoms with E-state index in [0.717, 1.165) is 36.5 Å². The molecule has 4 heteroatoms. The number of hydrogen-bond acceptors (Lipinski definition) is 1. The predicted octanol–water partition coefficient (Wildman–Crippen LogP) is 6.83. The second-order valence-electron chi connectivity index (χ2n) is 7.42. The van der Waals surface area contributed by atoms with E-state index in [1.807, 2.05) is 30.3 Å². The van der Waals surface area contributed by atoms with Gasteiger partial charge in [-0.05, 0) is 30.2 Å². The van der Waals surface area contributed by atoms with Crippen LogP contribution >= 0.6 is 0 Å². The van der Waals surface area contributed by atoms with E-state index >= 15 is 0 Å². The Morgan fingerprint density at radius 3 is 2.19 bits per heavy atom. The second kappa shape index (κ2) is 8.61. The molecule has 0 aliphatic heterocycles. The molecule has 1 aliphatic rings. The van der Waals surface area contributed by atoms with Gasteiger partial charge < -0.3 is 4.74 Å². The molecule has 1 unspecified atom stereocenters. The third-order valence-electron chi connectivity index (χ3n) is 5.38. The maximum Gasteiger partial charge on any atom is 0.194 e. The van der Waals surface area contributed by atoms with Crippen molar-refractivity contribution in [2.75, 3.05) is 0 Å². The smallest absolute Gasteiger partial charge is 0.194 e. The van der Waals surface area contributed by atoms with Gasteiger partial charge in [-0.2, -0.15) is 0 Å². The summed E-state index contributed by atoms with van der Waals surface area (Å²) in [4.78, 5) is 0. The van der Waals surface area contributed by atoms with Crippen LogP contribution in [0.2, 0.25) is 0 Å². The summed E-state index contributed by atoms with van der Waals surface area (Å²) in [5.74, 6) is -2.43. The molecular weight excluding hydrogens is 337 g/mol. The Hall–Kier alpha value is -1.97. The van der Waals surface area contributed by atoms with Gasteiger partial charge in [0.2, 0.25) is 0 Å². The minimum Gasteiger partial charge on any atom is -0.486 e. The number of benzene rings is 2. The van der Waals surface area contributed by atoms with Crippen LogP contribution in [-0.4, -0.2) is 0 Å². The molecule has 26 heavy (non-hydrogen) atoms. The average Bonchev–Trinajstić information content (AvgIpc) is 2.65. The van der Waals surface area contributed by atoms with Crippen molar-refractivity contribution < 1.29 is 17.9 Å². The molecule has 0 bridgehead atoms. The van der Waals surface area contributed by atoms with Crippen molar-refractivity contribution >= 4 is 0 Å². The number of hydrogen-bond donors (Lipinski definition) is 0. The second-order valence-corrected chi connectivity index (χ2v) is 7.42. The van der Waals surface area contributed by atoms with Crippen LogP contribution in [0.5, 0.6) is 5.75 Å². The van der Waals surface area contributed by atoms with E-state index in [2.05, 4.69) is 6.92 Å². The average molecular weight is 362 g/mol. The normalized spacial score (nSPS) is 21.4. The van der Waals surface area contributed by atoms with E-state index in [-0.39, 0.29) is 11.9 Å². The molecule has 1 atom stereocenters. The summed E-state index contributed by atoms with van der Waals surface area (Å²) in [5, 5.41) is 0. The lowest BCUT2D eigenvalue weighted by Gasteiger charge is -2.28. The van der Waals surface area contributed by atoms with Gasteiger partial charge in [0.25, 0.3) is 0 Å². The standard InChI is InChI=1S/C22H25F3O/c1-15-7-9-16(10-8-15)11-12-21(17-5-3-2-4-6-17)26-18-13-19(23)22(25)20(24)14-18/h2-6,13-16,21H,7-12H2,1H3. The van der Waals surface area contributed by atoms with Gasteiger partial charge in [-0.1, -0.05) is 62.9 Å². The molecule has 1 fully saturated rings. The van der Waals surface area contributed by atoms with E-state index < -0.39 is 17.5 Å². The third-order valence-corrected chi connectivity index (χ3v) is 5.38. The van der Waals surface area contributed by atoms with Gasteiger partial charge >= 0.3 is 0 Å². The summed E-state index contributed by atoms with van der Waals surface area (Å²) in [6.07, 6.45) is 6.44. The molecule has 1 aliphatic carbocycles. The molecule has 1 nitrogen and oxygen atoms in total. The lowest BCUT2D eigenvalue weighted by molar-refractivity contribution is 0.169. The summed E-state index contributed by atoms with van der Waals surface area (Å²) >= 11 is 0. The van der Waals surface area contributed by atoms with Crippen LogP contribution in [0.4, 0.5) is 13.2 Å². The maximum absolute atomic E-state index is 13.5. The molecule has 0 N–H and O–H groups in total. The number of ether oxygens (including phenoxy) is 1. The molecule has 0 amide bonds. The van der Waals surface area contributed by atoms with Gasteiger partial charge in [0.1, 0.15) is 11.9 Å². The van der Waals surface area contributed by atoms with E-state index in [9.17, 15) is 13.2 Å². The highest BCUT2D eigenvalue weighted by atomic mass is 19.2. The van der Waals surface area contributed by atoms with Crippen molar-refractivity contribution in [2.45, 2.75) is 51.6 Å². The van der Waals surface area contributed by atoms with Gasteiger partial charge in [-0.15, -0.1) is 0 Å². The Morgan fingerprint density at radius 2 is 1.58 bits per heavy atom. The Balaban J connectivity index is 1.72. The largest absolute Gasteiger partial charge is 0.486 e. The molecule has 140 valence electrons. The molecule has 0 heterocycles. The van der Waals surface area contributed by atoms with Gasteiger partial charge in [-0.3, -0.25) is 0 Å². The molecular formula is C22H25F3O. The summed E-state index contributed by atoms with van der Waals surface area (Å²) in [6, 6.07) is 11.5. The highest BCUT2D eigenvalue weighted by Crippen LogP contribution is 2.35. The van der Waals surface area contributed by atoms with Crippen molar-refractivity contribution in [1.29, 1.82) is 0 Å². The molecule has 0 aromatic heterocycles. The molecule has 2 aromatic rings. The van der Waals surface area contributed by atoms with Gasteiger partial charge in [0.05, 0.1) is 0 Å². The SMILES string of the molecule is CC1CCC(CCC(Oc2cc(F)c(F)c(F)c2)c2ccccc2)CC1. The van der Waals surface area contributed by atoms with Crippen molar-refractivity contribution in [3.63, 3.8) is 0 Å². The maximum atomic E-state index is 13.5. The van der Waals surface area contributed by atoms with E-state index in [4.69, 9.17) is 4.74 Å². The fourth-order valence-corrected chi connectivity index (χ4v) is 3.73. The first kappa shape index (κ1) is 18.8. The number of halogens is 3. The van der Waals surface area contributed by atoms with E-state index in [1.54, 1.807) is 0 Å². The first-order valence-corrected chi connectivity index (χ1v) is 9.39. The first-order chi connectivity index (χ1) is 12.5. The topological polar surface area (TPSA) is 9.23 Å². The molecule has 3 rings (SSSR count). The Bertz CT molecular complexity index is 686. The zero-order valence-corrected chi connectivity index (χ0v) is 15.1. The predicted molar refractivity (Wildman–Crippen MR) is 96.5 cm³/mol. The summed E-state index contributed by atoms with van der Waals surface area (Å²) in [6.45, 7) is 2.30. The molecule has 0 radical (unpaired) electrons. The fraction of sp³-hybridized carbons (Fsp3) is 0.455. The van der Waals surface area contributed by atoms with Crippen LogP contribution in [0, 0.1) is 29.3 Å². The first-order valence-electron chi connectivity index (χ1n) is 9.39. The zero-order valence-electron chi connectivity index (χ0n) is 15.1. The molecule has 2 aromatic carbocycles.